The lowest BCUT2D eigenvalue weighted by atomic mass is 10.3. The van der Waals surface area contributed by atoms with Crippen LogP contribution in [0.15, 0.2) is 0 Å². The van der Waals surface area contributed by atoms with Crippen molar-refractivity contribution in [2.45, 2.75) is 32.0 Å². The highest BCUT2D eigenvalue weighted by Crippen LogP contribution is 1.98. The van der Waals surface area contributed by atoms with E-state index in [2.05, 4.69) is 9.47 Å². The molecule has 0 fully saturated rings. The minimum atomic E-state index is -1.14. The topological polar surface area (TPSA) is 171 Å². The van der Waals surface area contributed by atoms with Gasteiger partial charge in [-0.25, -0.2) is 0 Å². The van der Waals surface area contributed by atoms with Crippen LogP contribution in [0.4, 0.5) is 0 Å². The minimum Gasteiger partial charge on any atom is -0.481 e. The van der Waals surface area contributed by atoms with Gasteiger partial charge in [-0.15, -0.1) is 0 Å². The summed E-state index contributed by atoms with van der Waals surface area (Å²) in [5.41, 5.74) is 0. The number of rotatable bonds is 9. The van der Waals surface area contributed by atoms with Gasteiger partial charge in [0.2, 0.25) is 0 Å². The Morgan fingerprint density at radius 1 is 0.864 bits per heavy atom. The third-order valence-corrected chi connectivity index (χ3v) is 1.83. The molecule has 10 heteroatoms. The maximum atomic E-state index is 11.1. The van der Waals surface area contributed by atoms with Crippen molar-refractivity contribution < 1.29 is 49.4 Å². The molecule has 0 saturated carbocycles. The van der Waals surface area contributed by atoms with Gasteiger partial charge in [-0.3, -0.25) is 14.4 Å². The maximum Gasteiger partial charge on any atom is 0.306 e. The summed E-state index contributed by atoms with van der Waals surface area (Å²) in [7, 11) is 0. The monoisotopic (exact) mass is 326 g/mol. The molecule has 0 amide bonds. The Balaban J connectivity index is 0. The molecule has 0 aromatic rings. The van der Waals surface area contributed by atoms with Gasteiger partial charge in [0.1, 0.15) is 25.4 Å². The van der Waals surface area contributed by atoms with E-state index >= 15 is 0 Å². The minimum absolute atomic E-state index is 0.230. The van der Waals surface area contributed by atoms with E-state index in [0.717, 1.165) is 6.92 Å². The first-order valence-corrected chi connectivity index (χ1v) is 6.31. The summed E-state index contributed by atoms with van der Waals surface area (Å²) in [6.45, 7) is -0.635. The second-order valence-corrected chi connectivity index (χ2v) is 4.06. The predicted molar refractivity (Wildman–Crippen MR) is 70.6 cm³/mol. The summed E-state index contributed by atoms with van der Waals surface area (Å²) in [6, 6.07) is 0. The molecule has 0 aromatic heterocycles. The lowest BCUT2D eigenvalue weighted by molar-refractivity contribution is -0.154. The highest BCUT2D eigenvalue weighted by atomic mass is 16.5. The highest BCUT2D eigenvalue weighted by Gasteiger charge is 2.12. The predicted octanol–water partition coefficient (Wildman–Crippen LogP) is -2.35. The zero-order valence-corrected chi connectivity index (χ0v) is 12.2. The van der Waals surface area contributed by atoms with Crippen LogP contribution in [0, 0.1) is 0 Å². The molecule has 0 spiro atoms. The largest absolute Gasteiger partial charge is 0.481 e. The Hall–Kier alpha value is -1.75. The number of esters is 2. The van der Waals surface area contributed by atoms with Crippen molar-refractivity contribution in [3.05, 3.63) is 0 Å². The van der Waals surface area contributed by atoms with E-state index in [0.29, 0.717) is 0 Å². The van der Waals surface area contributed by atoms with Crippen LogP contribution in [0.2, 0.25) is 0 Å². The maximum absolute atomic E-state index is 11.1. The number of carboxylic acids is 1. The molecule has 0 bridgehead atoms. The molecule has 2 atom stereocenters. The van der Waals surface area contributed by atoms with E-state index in [4.69, 9.17) is 30.3 Å². The first kappa shape index (κ1) is 22.5. The molecule has 0 heterocycles. The third kappa shape index (κ3) is 18.2. The number of aliphatic carboxylic acids is 1. The van der Waals surface area contributed by atoms with E-state index in [9.17, 15) is 9.59 Å². The molecule has 5 N–H and O–H groups in total. The van der Waals surface area contributed by atoms with Crippen LogP contribution >= 0.6 is 0 Å². The number of hydrogen-bond acceptors (Lipinski definition) is 9. The van der Waals surface area contributed by atoms with E-state index in [-0.39, 0.29) is 26.1 Å². The van der Waals surface area contributed by atoms with Crippen LogP contribution in [0.5, 0.6) is 0 Å². The number of aliphatic hydroxyl groups excluding tert-OH is 4. The van der Waals surface area contributed by atoms with Crippen molar-refractivity contribution in [2.75, 3.05) is 26.4 Å². The standard InChI is InChI=1S/C10H18O8.C2H4O2/c11-3-7(13)5-17-9(15)1-2-10(16)18-6-8(14)4-12;1-2(3)4/h7-8,11-14H,1-6H2;1H3,(H,3,4). The van der Waals surface area contributed by atoms with Gasteiger partial charge in [0.15, 0.2) is 0 Å². The second-order valence-electron chi connectivity index (χ2n) is 4.06. The lowest BCUT2D eigenvalue weighted by Crippen LogP contribution is -2.23. The van der Waals surface area contributed by atoms with Gasteiger partial charge in [0.25, 0.3) is 5.97 Å². The fourth-order valence-electron chi connectivity index (χ4n) is 0.832. The van der Waals surface area contributed by atoms with Crippen molar-refractivity contribution in [3.63, 3.8) is 0 Å². The molecule has 0 radical (unpaired) electrons. The molecular formula is C12H22O10. The molecular weight excluding hydrogens is 304 g/mol. The average Bonchev–Trinajstić information content (AvgIpc) is 2.47. The van der Waals surface area contributed by atoms with Crippen molar-refractivity contribution in [2.24, 2.45) is 0 Å². The smallest absolute Gasteiger partial charge is 0.306 e. The van der Waals surface area contributed by atoms with Crippen LogP contribution in [-0.4, -0.2) is 82.1 Å². The van der Waals surface area contributed by atoms with Crippen LogP contribution in [0.3, 0.4) is 0 Å². The second kappa shape index (κ2) is 14.2. The number of aliphatic hydroxyl groups is 4. The van der Waals surface area contributed by atoms with Gasteiger partial charge in [0, 0.05) is 6.92 Å². The van der Waals surface area contributed by atoms with Crippen molar-refractivity contribution in [1.82, 2.24) is 0 Å². The molecule has 10 nitrogen and oxygen atoms in total. The Kier molecular flexibility index (Phi) is 14.5. The van der Waals surface area contributed by atoms with Gasteiger partial charge >= 0.3 is 11.9 Å². The van der Waals surface area contributed by atoms with Gasteiger partial charge in [0.05, 0.1) is 26.1 Å². The molecule has 0 aliphatic carbocycles. The molecule has 0 rings (SSSR count). The molecule has 0 aliphatic rings. The van der Waals surface area contributed by atoms with E-state index in [1.165, 1.54) is 0 Å². The van der Waals surface area contributed by atoms with Gasteiger partial charge < -0.3 is 35.0 Å². The van der Waals surface area contributed by atoms with Crippen molar-refractivity contribution in [3.8, 4) is 0 Å². The first-order valence-electron chi connectivity index (χ1n) is 6.31. The number of carboxylic acid groups (broad SMARTS) is 1. The van der Waals surface area contributed by atoms with E-state index in [1.807, 2.05) is 0 Å². The van der Waals surface area contributed by atoms with Crippen LogP contribution in [0.1, 0.15) is 19.8 Å². The summed E-state index contributed by atoms with van der Waals surface area (Å²) in [4.78, 5) is 31.1. The molecule has 0 aliphatic heterocycles. The Morgan fingerprint density at radius 3 is 1.36 bits per heavy atom. The lowest BCUT2D eigenvalue weighted by Gasteiger charge is -2.09. The highest BCUT2D eigenvalue weighted by molar-refractivity contribution is 5.77. The third-order valence-electron chi connectivity index (χ3n) is 1.83. The van der Waals surface area contributed by atoms with Crippen LogP contribution in [0.25, 0.3) is 0 Å². The normalized spacial score (nSPS) is 12.4. The number of hydrogen-bond donors (Lipinski definition) is 5. The fraction of sp³-hybridized carbons (Fsp3) is 0.750. The van der Waals surface area contributed by atoms with Crippen molar-refractivity contribution >= 4 is 17.9 Å². The van der Waals surface area contributed by atoms with Crippen LogP contribution in [-0.2, 0) is 23.9 Å². The summed E-state index contributed by atoms with van der Waals surface area (Å²) >= 11 is 0. The average molecular weight is 326 g/mol. The zero-order chi connectivity index (χ0) is 17.5. The van der Waals surface area contributed by atoms with Gasteiger partial charge in [-0.1, -0.05) is 0 Å². The quantitative estimate of drug-likeness (QED) is 0.289. The number of carbonyl (C=O) groups is 3. The number of ether oxygens (including phenoxy) is 2. The van der Waals surface area contributed by atoms with E-state index < -0.39 is 43.3 Å². The Morgan fingerprint density at radius 2 is 1.14 bits per heavy atom. The summed E-state index contributed by atoms with van der Waals surface area (Å²) in [6.07, 6.45) is -2.74. The summed E-state index contributed by atoms with van der Waals surface area (Å²) in [5, 5.41) is 42.1. The summed E-state index contributed by atoms with van der Waals surface area (Å²) < 4.78 is 9.09. The van der Waals surface area contributed by atoms with Crippen LogP contribution < -0.4 is 0 Å². The first-order chi connectivity index (χ1) is 10.2. The SMILES string of the molecule is CC(=O)O.O=C(CCC(=O)OCC(O)CO)OCC(O)CO. The van der Waals surface area contributed by atoms with Gasteiger partial charge in [-0.05, 0) is 0 Å². The molecule has 22 heavy (non-hydrogen) atoms. The number of carbonyl (C=O) groups excluding carboxylic acids is 2. The zero-order valence-electron chi connectivity index (χ0n) is 12.2. The molecule has 0 saturated heterocycles. The molecule has 2 unspecified atom stereocenters. The molecule has 0 aromatic carbocycles. The molecule has 130 valence electrons. The summed E-state index contributed by atoms with van der Waals surface area (Å²) in [5.74, 6) is -2.25. The van der Waals surface area contributed by atoms with Crippen molar-refractivity contribution in [1.29, 1.82) is 0 Å². The Bertz CT molecular complexity index is 300. The fourth-order valence-corrected chi connectivity index (χ4v) is 0.832. The van der Waals surface area contributed by atoms with E-state index in [1.54, 1.807) is 0 Å². The van der Waals surface area contributed by atoms with Gasteiger partial charge in [-0.2, -0.15) is 0 Å². The Labute approximate surface area is 126 Å².